The molecule has 4 rings (SSSR count). The smallest absolute Gasteiger partial charge is 0.0641 e. The van der Waals surface area contributed by atoms with Gasteiger partial charge in [0.25, 0.3) is 0 Å². The maximum atomic E-state index is 4.76. The van der Waals surface area contributed by atoms with Crippen LogP contribution in [-0.4, -0.2) is 50.2 Å². The SMILES string of the molecule is CCn1nc(C)c(CN(Cc2cccnc2)CC2CCN(C3CCCC3)CC2)c1C. The Hall–Kier alpha value is -1.72. The van der Waals surface area contributed by atoms with Crippen molar-refractivity contribution in [2.24, 2.45) is 5.92 Å². The van der Waals surface area contributed by atoms with Crippen molar-refractivity contribution in [3.05, 3.63) is 47.0 Å². The molecule has 0 N–H and O–H groups in total. The molecular weight excluding hydrogens is 370 g/mol. The largest absolute Gasteiger partial charge is 0.300 e. The number of hydrogen-bond donors (Lipinski definition) is 0. The monoisotopic (exact) mass is 409 g/mol. The van der Waals surface area contributed by atoms with Gasteiger partial charge in [-0.2, -0.15) is 5.10 Å². The Morgan fingerprint density at radius 3 is 2.47 bits per heavy atom. The topological polar surface area (TPSA) is 37.2 Å². The highest BCUT2D eigenvalue weighted by molar-refractivity contribution is 5.24. The van der Waals surface area contributed by atoms with Gasteiger partial charge in [0.1, 0.15) is 0 Å². The normalized spacial score (nSPS) is 19.2. The molecule has 0 bridgehead atoms. The summed E-state index contributed by atoms with van der Waals surface area (Å²) in [5.41, 5.74) is 5.21. The van der Waals surface area contributed by atoms with Crippen molar-refractivity contribution in [1.29, 1.82) is 0 Å². The minimum Gasteiger partial charge on any atom is -0.300 e. The van der Waals surface area contributed by atoms with Crippen LogP contribution in [0.15, 0.2) is 24.5 Å². The highest BCUT2D eigenvalue weighted by Gasteiger charge is 2.28. The van der Waals surface area contributed by atoms with Crippen molar-refractivity contribution >= 4 is 0 Å². The first-order valence-electron chi connectivity index (χ1n) is 12.0. The van der Waals surface area contributed by atoms with Crippen LogP contribution in [0.3, 0.4) is 0 Å². The van der Waals surface area contributed by atoms with E-state index in [0.717, 1.165) is 31.6 Å². The lowest BCUT2D eigenvalue weighted by Gasteiger charge is -2.38. The zero-order chi connectivity index (χ0) is 20.9. The Balaban J connectivity index is 1.42. The van der Waals surface area contributed by atoms with Gasteiger partial charge in [0, 0.05) is 55.9 Å². The molecule has 0 amide bonds. The van der Waals surface area contributed by atoms with E-state index < -0.39 is 0 Å². The average Bonchev–Trinajstić information content (AvgIpc) is 3.39. The summed E-state index contributed by atoms with van der Waals surface area (Å²) in [7, 11) is 0. The third-order valence-electron chi connectivity index (χ3n) is 7.35. The predicted molar refractivity (Wildman–Crippen MR) is 122 cm³/mol. The van der Waals surface area contributed by atoms with E-state index in [1.54, 1.807) is 0 Å². The van der Waals surface area contributed by atoms with Gasteiger partial charge in [0.05, 0.1) is 5.69 Å². The highest BCUT2D eigenvalue weighted by Crippen LogP contribution is 2.29. The van der Waals surface area contributed by atoms with Gasteiger partial charge < -0.3 is 4.90 Å². The predicted octanol–water partition coefficient (Wildman–Crippen LogP) is 4.57. The molecule has 1 aliphatic carbocycles. The van der Waals surface area contributed by atoms with E-state index in [9.17, 15) is 0 Å². The summed E-state index contributed by atoms with van der Waals surface area (Å²) in [4.78, 5) is 9.78. The van der Waals surface area contributed by atoms with Crippen molar-refractivity contribution in [1.82, 2.24) is 24.6 Å². The van der Waals surface area contributed by atoms with Crippen LogP contribution in [0.2, 0.25) is 0 Å². The molecule has 1 aliphatic heterocycles. The number of hydrogen-bond acceptors (Lipinski definition) is 4. The van der Waals surface area contributed by atoms with Crippen molar-refractivity contribution in [2.75, 3.05) is 19.6 Å². The lowest BCUT2D eigenvalue weighted by atomic mass is 9.94. The Morgan fingerprint density at radius 1 is 1.07 bits per heavy atom. The molecule has 1 saturated carbocycles. The number of likely N-dealkylation sites (tertiary alicyclic amines) is 1. The quantitative estimate of drug-likeness (QED) is 0.640. The van der Waals surface area contributed by atoms with Crippen molar-refractivity contribution in [3.63, 3.8) is 0 Å². The first-order valence-corrected chi connectivity index (χ1v) is 12.0. The fourth-order valence-electron chi connectivity index (χ4n) is 5.56. The molecule has 164 valence electrons. The zero-order valence-electron chi connectivity index (χ0n) is 19.2. The summed E-state index contributed by atoms with van der Waals surface area (Å²) in [6.07, 6.45) is 12.3. The molecule has 3 heterocycles. The van der Waals surface area contributed by atoms with Gasteiger partial charge in [-0.05, 0) is 77.1 Å². The number of rotatable bonds is 8. The summed E-state index contributed by atoms with van der Waals surface area (Å²) in [5, 5.41) is 4.76. The average molecular weight is 410 g/mol. The van der Waals surface area contributed by atoms with Gasteiger partial charge in [0.15, 0.2) is 0 Å². The van der Waals surface area contributed by atoms with Crippen LogP contribution in [-0.2, 0) is 19.6 Å². The second-order valence-corrected chi connectivity index (χ2v) is 9.41. The van der Waals surface area contributed by atoms with Crippen molar-refractivity contribution in [2.45, 2.75) is 85.0 Å². The molecule has 30 heavy (non-hydrogen) atoms. The van der Waals surface area contributed by atoms with E-state index in [0.29, 0.717) is 0 Å². The molecule has 2 aromatic rings. The van der Waals surface area contributed by atoms with Gasteiger partial charge in [-0.3, -0.25) is 14.6 Å². The van der Waals surface area contributed by atoms with E-state index in [4.69, 9.17) is 5.10 Å². The second kappa shape index (κ2) is 10.1. The van der Waals surface area contributed by atoms with E-state index in [-0.39, 0.29) is 0 Å². The summed E-state index contributed by atoms with van der Waals surface area (Å²) in [6.45, 7) is 13.2. The van der Waals surface area contributed by atoms with Crippen LogP contribution in [0.4, 0.5) is 0 Å². The number of aromatic nitrogens is 3. The minimum absolute atomic E-state index is 0.793. The Morgan fingerprint density at radius 2 is 1.83 bits per heavy atom. The van der Waals surface area contributed by atoms with Gasteiger partial charge in [0.2, 0.25) is 0 Å². The second-order valence-electron chi connectivity index (χ2n) is 9.41. The zero-order valence-corrected chi connectivity index (χ0v) is 19.2. The molecule has 2 fully saturated rings. The Kier molecular flexibility index (Phi) is 7.21. The summed E-state index contributed by atoms with van der Waals surface area (Å²) in [6, 6.07) is 5.14. The number of piperidine rings is 1. The number of pyridine rings is 1. The summed E-state index contributed by atoms with van der Waals surface area (Å²) in [5.74, 6) is 0.793. The van der Waals surface area contributed by atoms with E-state index in [1.807, 2.05) is 12.4 Å². The molecular formula is C25H39N5. The van der Waals surface area contributed by atoms with Crippen LogP contribution in [0.5, 0.6) is 0 Å². The lowest BCUT2D eigenvalue weighted by molar-refractivity contribution is 0.106. The summed E-state index contributed by atoms with van der Waals surface area (Å²) < 4.78 is 2.15. The van der Waals surface area contributed by atoms with Crippen LogP contribution in [0.25, 0.3) is 0 Å². The van der Waals surface area contributed by atoms with Crippen molar-refractivity contribution < 1.29 is 0 Å². The van der Waals surface area contributed by atoms with E-state index >= 15 is 0 Å². The van der Waals surface area contributed by atoms with Gasteiger partial charge >= 0.3 is 0 Å². The first-order chi connectivity index (χ1) is 14.6. The minimum atomic E-state index is 0.793. The molecule has 0 atom stereocenters. The molecule has 5 heteroatoms. The molecule has 5 nitrogen and oxygen atoms in total. The first kappa shape index (κ1) is 21.5. The van der Waals surface area contributed by atoms with Gasteiger partial charge in [-0.15, -0.1) is 0 Å². The molecule has 0 spiro atoms. The Labute approximate surface area is 182 Å². The van der Waals surface area contributed by atoms with Crippen molar-refractivity contribution in [3.8, 4) is 0 Å². The molecule has 0 aromatic carbocycles. The summed E-state index contributed by atoms with van der Waals surface area (Å²) >= 11 is 0. The fourth-order valence-corrected chi connectivity index (χ4v) is 5.56. The molecule has 1 saturated heterocycles. The lowest BCUT2D eigenvalue weighted by Crippen LogP contribution is -2.42. The Bertz CT molecular complexity index is 785. The number of aryl methyl sites for hydroxylation is 2. The third-order valence-corrected chi connectivity index (χ3v) is 7.35. The molecule has 2 aromatic heterocycles. The molecule has 0 radical (unpaired) electrons. The van der Waals surface area contributed by atoms with E-state index in [1.165, 1.54) is 80.7 Å². The van der Waals surface area contributed by atoms with Gasteiger partial charge in [-0.1, -0.05) is 18.9 Å². The highest BCUT2D eigenvalue weighted by atomic mass is 15.3. The van der Waals surface area contributed by atoms with Crippen LogP contribution in [0.1, 0.15) is 68.0 Å². The fraction of sp³-hybridized carbons (Fsp3) is 0.680. The van der Waals surface area contributed by atoms with Crippen LogP contribution >= 0.6 is 0 Å². The van der Waals surface area contributed by atoms with Gasteiger partial charge in [-0.25, -0.2) is 0 Å². The number of nitrogens with zero attached hydrogens (tertiary/aromatic N) is 5. The maximum Gasteiger partial charge on any atom is 0.0641 e. The standard InChI is InChI=1S/C25H39N5/c1-4-30-21(3)25(20(2)27-30)19-28(18-23-8-7-13-26-16-23)17-22-11-14-29(15-12-22)24-9-5-6-10-24/h7-8,13,16,22,24H,4-6,9-12,14-15,17-19H2,1-3H3. The maximum absolute atomic E-state index is 4.76. The molecule has 2 aliphatic rings. The molecule has 0 unspecified atom stereocenters. The van der Waals surface area contributed by atoms with Crippen LogP contribution in [0, 0.1) is 19.8 Å². The van der Waals surface area contributed by atoms with E-state index in [2.05, 4.69) is 52.4 Å². The third kappa shape index (κ3) is 5.12. The van der Waals surface area contributed by atoms with Crippen LogP contribution < -0.4 is 0 Å².